The second-order valence-corrected chi connectivity index (χ2v) is 3.99. The number of rotatable bonds is 2. The standard InChI is InChI=1S/C12H17NO/c14-9-10-6-7-13-12(8-10)11-4-2-1-3-5-11/h1-5,10,12-14H,6-9H2. The van der Waals surface area contributed by atoms with Crippen molar-refractivity contribution in [2.75, 3.05) is 13.2 Å². The molecule has 1 aromatic rings. The SMILES string of the molecule is OCC1CCNC(c2ccccc2)C1. The molecule has 1 aliphatic rings. The van der Waals surface area contributed by atoms with Gasteiger partial charge in [0.15, 0.2) is 0 Å². The van der Waals surface area contributed by atoms with Gasteiger partial charge in [-0.25, -0.2) is 0 Å². The summed E-state index contributed by atoms with van der Waals surface area (Å²) < 4.78 is 0. The number of hydrogen-bond donors (Lipinski definition) is 2. The van der Waals surface area contributed by atoms with Crippen molar-refractivity contribution in [2.45, 2.75) is 18.9 Å². The van der Waals surface area contributed by atoms with Crippen LogP contribution in [0.1, 0.15) is 24.4 Å². The summed E-state index contributed by atoms with van der Waals surface area (Å²) in [5, 5.41) is 12.6. The highest BCUT2D eigenvalue weighted by Crippen LogP contribution is 2.26. The zero-order valence-electron chi connectivity index (χ0n) is 8.32. The van der Waals surface area contributed by atoms with Crippen LogP contribution in [0.4, 0.5) is 0 Å². The van der Waals surface area contributed by atoms with E-state index in [1.165, 1.54) is 5.56 Å². The van der Waals surface area contributed by atoms with Gasteiger partial charge in [-0.1, -0.05) is 30.3 Å². The maximum atomic E-state index is 9.13. The first-order chi connectivity index (χ1) is 6.90. The van der Waals surface area contributed by atoms with Crippen molar-refractivity contribution >= 4 is 0 Å². The lowest BCUT2D eigenvalue weighted by Gasteiger charge is -2.29. The summed E-state index contributed by atoms with van der Waals surface area (Å²) in [5.41, 5.74) is 1.34. The molecule has 76 valence electrons. The molecule has 0 aromatic heterocycles. The third-order valence-corrected chi connectivity index (χ3v) is 2.97. The number of hydrogen-bond acceptors (Lipinski definition) is 2. The van der Waals surface area contributed by atoms with Gasteiger partial charge < -0.3 is 10.4 Å². The van der Waals surface area contributed by atoms with E-state index in [0.717, 1.165) is 19.4 Å². The van der Waals surface area contributed by atoms with Crippen molar-refractivity contribution in [1.29, 1.82) is 0 Å². The van der Waals surface area contributed by atoms with Crippen molar-refractivity contribution in [1.82, 2.24) is 5.32 Å². The van der Waals surface area contributed by atoms with Crippen LogP contribution in [-0.2, 0) is 0 Å². The Morgan fingerprint density at radius 1 is 1.29 bits per heavy atom. The van der Waals surface area contributed by atoms with E-state index in [0.29, 0.717) is 18.6 Å². The molecule has 2 atom stereocenters. The second-order valence-electron chi connectivity index (χ2n) is 3.99. The van der Waals surface area contributed by atoms with Crippen molar-refractivity contribution < 1.29 is 5.11 Å². The van der Waals surface area contributed by atoms with Gasteiger partial charge in [-0.15, -0.1) is 0 Å². The lowest BCUT2D eigenvalue weighted by Crippen LogP contribution is -2.32. The van der Waals surface area contributed by atoms with E-state index in [1.54, 1.807) is 0 Å². The first-order valence-corrected chi connectivity index (χ1v) is 5.29. The zero-order chi connectivity index (χ0) is 9.80. The molecule has 1 aliphatic heterocycles. The maximum absolute atomic E-state index is 9.13. The molecule has 1 fully saturated rings. The molecular formula is C12H17NO. The minimum absolute atomic E-state index is 0.324. The van der Waals surface area contributed by atoms with Crippen LogP contribution < -0.4 is 5.32 Å². The van der Waals surface area contributed by atoms with Gasteiger partial charge in [-0.05, 0) is 30.9 Å². The van der Waals surface area contributed by atoms with Gasteiger partial charge in [0, 0.05) is 12.6 Å². The van der Waals surface area contributed by atoms with Gasteiger partial charge in [-0.3, -0.25) is 0 Å². The summed E-state index contributed by atoms with van der Waals surface area (Å²) in [5.74, 6) is 0.474. The van der Waals surface area contributed by atoms with Crippen molar-refractivity contribution in [3.05, 3.63) is 35.9 Å². The topological polar surface area (TPSA) is 32.3 Å². The van der Waals surface area contributed by atoms with Gasteiger partial charge >= 0.3 is 0 Å². The largest absolute Gasteiger partial charge is 0.396 e. The summed E-state index contributed by atoms with van der Waals surface area (Å²) in [7, 11) is 0. The Morgan fingerprint density at radius 3 is 2.79 bits per heavy atom. The molecule has 2 rings (SSSR count). The van der Waals surface area contributed by atoms with Crippen LogP contribution in [0, 0.1) is 5.92 Å². The fraction of sp³-hybridized carbons (Fsp3) is 0.500. The van der Waals surface area contributed by atoms with Gasteiger partial charge in [-0.2, -0.15) is 0 Å². The second kappa shape index (κ2) is 4.58. The molecule has 0 aliphatic carbocycles. The molecule has 0 radical (unpaired) electrons. The molecule has 1 heterocycles. The Balaban J connectivity index is 2.04. The van der Waals surface area contributed by atoms with E-state index in [-0.39, 0.29) is 0 Å². The van der Waals surface area contributed by atoms with Crippen molar-refractivity contribution in [2.24, 2.45) is 5.92 Å². The van der Waals surface area contributed by atoms with Crippen molar-refractivity contribution in [3.8, 4) is 0 Å². The third kappa shape index (κ3) is 2.14. The first kappa shape index (κ1) is 9.69. The zero-order valence-corrected chi connectivity index (χ0v) is 8.32. The molecule has 2 nitrogen and oxygen atoms in total. The predicted molar refractivity (Wildman–Crippen MR) is 57.0 cm³/mol. The smallest absolute Gasteiger partial charge is 0.0460 e. The number of nitrogens with one attached hydrogen (secondary N) is 1. The molecule has 0 bridgehead atoms. The molecule has 2 unspecified atom stereocenters. The lowest BCUT2D eigenvalue weighted by atomic mass is 9.89. The van der Waals surface area contributed by atoms with E-state index in [1.807, 2.05) is 6.07 Å². The van der Waals surface area contributed by atoms with Gasteiger partial charge in [0.25, 0.3) is 0 Å². The average Bonchev–Trinajstić information content (AvgIpc) is 2.30. The Kier molecular flexibility index (Phi) is 3.17. The lowest BCUT2D eigenvalue weighted by molar-refractivity contribution is 0.176. The molecule has 2 N–H and O–H groups in total. The molecule has 1 saturated heterocycles. The minimum Gasteiger partial charge on any atom is -0.396 e. The van der Waals surface area contributed by atoms with E-state index in [4.69, 9.17) is 5.11 Å². The fourth-order valence-corrected chi connectivity index (χ4v) is 2.10. The van der Waals surface area contributed by atoms with Crippen LogP contribution in [-0.4, -0.2) is 18.3 Å². The summed E-state index contributed by atoms with van der Waals surface area (Å²) in [4.78, 5) is 0. The van der Waals surface area contributed by atoms with E-state index in [2.05, 4.69) is 29.6 Å². The molecule has 0 amide bonds. The maximum Gasteiger partial charge on any atom is 0.0460 e. The number of piperidine rings is 1. The van der Waals surface area contributed by atoms with Crippen LogP contribution >= 0.6 is 0 Å². The monoisotopic (exact) mass is 191 g/mol. The quantitative estimate of drug-likeness (QED) is 0.746. The summed E-state index contributed by atoms with van der Waals surface area (Å²) in [6.07, 6.45) is 2.15. The Morgan fingerprint density at radius 2 is 2.07 bits per heavy atom. The number of aliphatic hydroxyl groups excluding tert-OH is 1. The normalized spacial score (nSPS) is 27.5. The Bertz CT molecular complexity index is 273. The average molecular weight is 191 g/mol. The van der Waals surface area contributed by atoms with Crippen LogP contribution in [0.25, 0.3) is 0 Å². The van der Waals surface area contributed by atoms with E-state index >= 15 is 0 Å². The Hall–Kier alpha value is -0.860. The van der Waals surface area contributed by atoms with Crippen molar-refractivity contribution in [3.63, 3.8) is 0 Å². The van der Waals surface area contributed by atoms with Gasteiger partial charge in [0.05, 0.1) is 0 Å². The highest BCUT2D eigenvalue weighted by molar-refractivity contribution is 5.19. The van der Waals surface area contributed by atoms with Gasteiger partial charge in [0.1, 0.15) is 0 Å². The minimum atomic E-state index is 0.324. The first-order valence-electron chi connectivity index (χ1n) is 5.29. The van der Waals surface area contributed by atoms with E-state index < -0.39 is 0 Å². The highest BCUT2D eigenvalue weighted by atomic mass is 16.3. The Labute approximate surface area is 85.0 Å². The molecule has 0 spiro atoms. The van der Waals surface area contributed by atoms with Crippen LogP contribution in [0.2, 0.25) is 0 Å². The van der Waals surface area contributed by atoms with Gasteiger partial charge in [0.2, 0.25) is 0 Å². The van der Waals surface area contributed by atoms with Crippen LogP contribution in [0.3, 0.4) is 0 Å². The molecule has 0 saturated carbocycles. The summed E-state index contributed by atoms with van der Waals surface area (Å²) in [6.45, 7) is 1.34. The summed E-state index contributed by atoms with van der Waals surface area (Å²) >= 11 is 0. The predicted octanol–water partition coefficient (Wildman–Crippen LogP) is 1.72. The number of benzene rings is 1. The highest BCUT2D eigenvalue weighted by Gasteiger charge is 2.21. The molecule has 1 aromatic carbocycles. The molecule has 2 heteroatoms. The molecule has 14 heavy (non-hydrogen) atoms. The van der Waals surface area contributed by atoms with Crippen LogP contribution in [0.15, 0.2) is 30.3 Å². The fourth-order valence-electron chi connectivity index (χ4n) is 2.10. The number of aliphatic hydroxyl groups is 1. The van der Waals surface area contributed by atoms with Crippen LogP contribution in [0.5, 0.6) is 0 Å². The summed E-state index contributed by atoms with van der Waals surface area (Å²) in [6, 6.07) is 10.9. The molecular weight excluding hydrogens is 174 g/mol. The third-order valence-electron chi connectivity index (χ3n) is 2.97. The van der Waals surface area contributed by atoms with E-state index in [9.17, 15) is 0 Å².